The molecule has 2 aromatic carbocycles. The lowest BCUT2D eigenvalue weighted by molar-refractivity contribution is -0.143. The molecule has 9 heteroatoms. The van der Waals surface area contributed by atoms with Crippen LogP contribution in [0.15, 0.2) is 54.9 Å². The average molecular weight is 493 g/mol. The van der Waals surface area contributed by atoms with Crippen molar-refractivity contribution in [2.24, 2.45) is 12.8 Å². The molecule has 2 aromatic heterocycles. The maximum absolute atomic E-state index is 15.1. The molecule has 0 saturated carbocycles. The molecule has 0 saturated heterocycles. The number of aromatic nitrogens is 3. The van der Waals surface area contributed by atoms with Crippen molar-refractivity contribution in [2.45, 2.75) is 26.0 Å². The van der Waals surface area contributed by atoms with Crippen LogP contribution in [0, 0.1) is 5.82 Å². The van der Waals surface area contributed by atoms with E-state index in [0.29, 0.717) is 36.5 Å². The summed E-state index contributed by atoms with van der Waals surface area (Å²) >= 11 is 0. The van der Waals surface area contributed by atoms with Crippen molar-refractivity contribution in [1.29, 1.82) is 0 Å². The van der Waals surface area contributed by atoms with E-state index >= 15 is 4.39 Å². The SMILES string of the molecule is COCCCOC(=O)Cc1ccccc1OCc1cc(-c2ccnc(CN)c2F)c2cnn(C)c2c1. The predicted molar refractivity (Wildman–Crippen MR) is 134 cm³/mol. The number of pyridine rings is 1. The summed E-state index contributed by atoms with van der Waals surface area (Å²) in [5.74, 6) is -0.194. The number of nitrogens with two attached hydrogens (primary N) is 1. The Balaban J connectivity index is 1.57. The van der Waals surface area contributed by atoms with Crippen LogP contribution in [0.25, 0.3) is 22.0 Å². The molecule has 2 N–H and O–H groups in total. The Bertz CT molecular complexity index is 1360. The molecule has 0 radical (unpaired) electrons. The molecule has 2 heterocycles. The number of carbonyl (C=O) groups excluding carboxylic acids is 1. The number of esters is 1. The molecule has 188 valence electrons. The van der Waals surface area contributed by atoms with Gasteiger partial charge in [0.1, 0.15) is 12.4 Å². The lowest BCUT2D eigenvalue weighted by Crippen LogP contribution is -2.11. The lowest BCUT2D eigenvalue weighted by Gasteiger charge is -2.14. The van der Waals surface area contributed by atoms with E-state index in [-0.39, 0.29) is 31.2 Å². The number of ether oxygens (including phenoxy) is 3. The fourth-order valence-electron chi connectivity index (χ4n) is 4.00. The van der Waals surface area contributed by atoms with Crippen LogP contribution in [0.3, 0.4) is 0 Å². The number of aryl methyl sites for hydroxylation is 1. The van der Waals surface area contributed by atoms with Crippen molar-refractivity contribution in [2.75, 3.05) is 20.3 Å². The van der Waals surface area contributed by atoms with Crippen LogP contribution < -0.4 is 10.5 Å². The minimum Gasteiger partial charge on any atom is -0.489 e. The van der Waals surface area contributed by atoms with Gasteiger partial charge in [0.15, 0.2) is 5.82 Å². The van der Waals surface area contributed by atoms with Gasteiger partial charge in [-0.2, -0.15) is 5.10 Å². The third kappa shape index (κ3) is 5.69. The first-order valence-corrected chi connectivity index (χ1v) is 11.7. The number of fused-ring (bicyclic) bond motifs is 1. The predicted octanol–water partition coefficient (Wildman–Crippen LogP) is 3.93. The second-order valence-electron chi connectivity index (χ2n) is 8.31. The zero-order valence-electron chi connectivity index (χ0n) is 20.4. The normalized spacial score (nSPS) is 11.1. The number of halogens is 1. The number of methoxy groups -OCH3 is 1. The molecule has 0 fully saturated rings. The number of rotatable bonds is 11. The first-order chi connectivity index (χ1) is 17.5. The average Bonchev–Trinajstić information content (AvgIpc) is 3.26. The Morgan fingerprint density at radius 2 is 1.97 bits per heavy atom. The van der Waals surface area contributed by atoms with Gasteiger partial charge in [-0.3, -0.25) is 14.5 Å². The van der Waals surface area contributed by atoms with E-state index in [9.17, 15) is 4.79 Å². The van der Waals surface area contributed by atoms with Crippen molar-refractivity contribution in [1.82, 2.24) is 14.8 Å². The number of para-hydroxylation sites is 1. The van der Waals surface area contributed by atoms with Crippen LogP contribution in [0.4, 0.5) is 4.39 Å². The highest BCUT2D eigenvalue weighted by Gasteiger charge is 2.17. The maximum atomic E-state index is 15.1. The highest BCUT2D eigenvalue weighted by Crippen LogP contribution is 2.33. The van der Waals surface area contributed by atoms with Gasteiger partial charge in [0, 0.05) is 56.4 Å². The van der Waals surface area contributed by atoms with Crippen LogP contribution in [-0.2, 0) is 40.9 Å². The first kappa shape index (κ1) is 25.3. The van der Waals surface area contributed by atoms with Crippen LogP contribution in [0.2, 0.25) is 0 Å². The van der Waals surface area contributed by atoms with Gasteiger partial charge in [-0.1, -0.05) is 18.2 Å². The van der Waals surface area contributed by atoms with Crippen molar-refractivity contribution >= 4 is 16.9 Å². The molecule has 8 nitrogen and oxygen atoms in total. The number of hydrogen-bond donors (Lipinski definition) is 1. The summed E-state index contributed by atoms with van der Waals surface area (Å²) in [7, 11) is 3.44. The fourth-order valence-corrected chi connectivity index (χ4v) is 4.00. The smallest absolute Gasteiger partial charge is 0.310 e. The molecule has 0 bridgehead atoms. The zero-order valence-corrected chi connectivity index (χ0v) is 20.4. The summed E-state index contributed by atoms with van der Waals surface area (Å²) in [6, 6.07) is 12.8. The highest BCUT2D eigenvalue weighted by molar-refractivity contribution is 5.95. The molecule has 0 spiro atoms. The molecule has 0 unspecified atom stereocenters. The van der Waals surface area contributed by atoms with Gasteiger partial charge in [0.2, 0.25) is 0 Å². The molecular formula is C27H29FN4O4. The van der Waals surface area contributed by atoms with Crippen LogP contribution in [0.5, 0.6) is 5.75 Å². The van der Waals surface area contributed by atoms with Gasteiger partial charge >= 0.3 is 5.97 Å². The largest absolute Gasteiger partial charge is 0.489 e. The van der Waals surface area contributed by atoms with Crippen molar-refractivity contribution in [3.8, 4) is 16.9 Å². The standard InChI is InChI=1S/C27H29FN4O4/c1-32-24-13-18(12-21(22(24)16-31-32)20-8-9-30-23(15-29)27(20)28)17-36-25-7-4-3-6-19(25)14-26(33)35-11-5-10-34-2/h3-4,6-9,12-13,16H,5,10-11,14-15,17,29H2,1-2H3. The van der Waals surface area contributed by atoms with Gasteiger partial charge in [-0.05, 0) is 35.4 Å². The van der Waals surface area contributed by atoms with E-state index in [1.807, 2.05) is 43.4 Å². The molecule has 4 rings (SSSR count). The van der Waals surface area contributed by atoms with Crippen molar-refractivity contribution in [3.05, 3.63) is 77.5 Å². The summed E-state index contributed by atoms with van der Waals surface area (Å²) in [4.78, 5) is 16.3. The minimum absolute atomic E-state index is 0.00422. The summed E-state index contributed by atoms with van der Waals surface area (Å²) in [6.45, 7) is 1.06. The van der Waals surface area contributed by atoms with Crippen LogP contribution >= 0.6 is 0 Å². The monoisotopic (exact) mass is 492 g/mol. The fraction of sp³-hybridized carbons (Fsp3) is 0.296. The molecule has 36 heavy (non-hydrogen) atoms. The molecular weight excluding hydrogens is 463 g/mol. The van der Waals surface area contributed by atoms with Gasteiger partial charge < -0.3 is 19.9 Å². The van der Waals surface area contributed by atoms with E-state index in [4.69, 9.17) is 19.9 Å². The van der Waals surface area contributed by atoms with Gasteiger partial charge in [-0.25, -0.2) is 4.39 Å². The molecule has 0 atom stereocenters. The van der Waals surface area contributed by atoms with Gasteiger partial charge in [0.05, 0.1) is 30.4 Å². The summed E-state index contributed by atoms with van der Waals surface area (Å²) < 4.78 is 33.2. The quantitative estimate of drug-likeness (QED) is 0.250. The number of benzene rings is 2. The minimum atomic E-state index is -0.447. The maximum Gasteiger partial charge on any atom is 0.310 e. The summed E-state index contributed by atoms with van der Waals surface area (Å²) in [5, 5.41) is 5.16. The number of nitrogens with zero attached hydrogens (tertiary/aromatic N) is 3. The molecule has 0 aliphatic heterocycles. The lowest BCUT2D eigenvalue weighted by atomic mass is 9.98. The van der Waals surface area contributed by atoms with Crippen LogP contribution in [-0.4, -0.2) is 41.1 Å². The van der Waals surface area contributed by atoms with E-state index < -0.39 is 5.82 Å². The third-order valence-electron chi connectivity index (χ3n) is 5.83. The second-order valence-corrected chi connectivity index (χ2v) is 8.31. The van der Waals surface area contributed by atoms with E-state index in [1.165, 1.54) is 0 Å². The van der Waals surface area contributed by atoms with Crippen molar-refractivity contribution < 1.29 is 23.4 Å². The van der Waals surface area contributed by atoms with E-state index in [2.05, 4.69) is 10.1 Å². The summed E-state index contributed by atoms with van der Waals surface area (Å²) in [5.41, 5.74) is 9.34. The Hall–Kier alpha value is -3.82. The molecule has 0 aliphatic rings. The van der Waals surface area contributed by atoms with Crippen LogP contribution in [0.1, 0.15) is 23.2 Å². The molecule has 0 aliphatic carbocycles. The summed E-state index contributed by atoms with van der Waals surface area (Å²) in [6.07, 6.45) is 4.00. The first-order valence-electron chi connectivity index (χ1n) is 11.7. The third-order valence-corrected chi connectivity index (χ3v) is 5.83. The molecule has 4 aromatic rings. The zero-order chi connectivity index (χ0) is 25.5. The second kappa shape index (κ2) is 11.7. The van der Waals surface area contributed by atoms with E-state index in [0.717, 1.165) is 22.0 Å². The van der Waals surface area contributed by atoms with E-state index in [1.54, 1.807) is 30.3 Å². The van der Waals surface area contributed by atoms with Gasteiger partial charge in [0.25, 0.3) is 0 Å². The number of carbonyl (C=O) groups is 1. The molecule has 0 amide bonds. The Kier molecular flexibility index (Phi) is 8.24. The Morgan fingerprint density at radius 3 is 2.78 bits per heavy atom. The highest BCUT2D eigenvalue weighted by atomic mass is 19.1. The van der Waals surface area contributed by atoms with Gasteiger partial charge in [-0.15, -0.1) is 0 Å². The topological polar surface area (TPSA) is 101 Å². The Labute approximate surface area is 208 Å². The Morgan fingerprint density at radius 1 is 1.14 bits per heavy atom. The number of hydrogen-bond acceptors (Lipinski definition) is 7. The van der Waals surface area contributed by atoms with Crippen molar-refractivity contribution in [3.63, 3.8) is 0 Å².